The Morgan fingerprint density at radius 3 is 1.89 bits per heavy atom. The minimum Gasteiger partial charge on any atom is -0.473 e. The maximum atomic E-state index is 13.6. The summed E-state index contributed by atoms with van der Waals surface area (Å²) in [5.74, 6) is -0.282. The molecule has 184 valence electrons. The Bertz CT molecular complexity index is 1160. The Balaban J connectivity index is 1.58. The lowest BCUT2D eigenvalue weighted by Gasteiger charge is -2.35. The number of amides is 2. The number of carbonyl (C=O) groups is 1. The highest BCUT2D eigenvalue weighted by molar-refractivity contribution is 5.78. The fourth-order valence-electron chi connectivity index (χ4n) is 4.25. The van der Waals surface area contributed by atoms with Crippen LogP contribution in [0.4, 0.5) is 13.6 Å². The van der Waals surface area contributed by atoms with Gasteiger partial charge in [0.2, 0.25) is 5.88 Å². The summed E-state index contributed by atoms with van der Waals surface area (Å²) in [4.78, 5) is 25.9. The molecule has 1 fully saturated rings. The van der Waals surface area contributed by atoms with Gasteiger partial charge in [0, 0.05) is 50.1 Å². The summed E-state index contributed by atoms with van der Waals surface area (Å²) < 4.78 is 33.3. The normalized spacial score (nSPS) is 14.1. The highest BCUT2D eigenvalue weighted by atomic mass is 19.1. The molecular formula is C27H30F2N4O2. The first-order chi connectivity index (χ1) is 16.9. The van der Waals surface area contributed by atoms with Gasteiger partial charge in [0.15, 0.2) is 0 Å². The van der Waals surface area contributed by atoms with E-state index in [4.69, 9.17) is 14.7 Å². The van der Waals surface area contributed by atoms with E-state index in [9.17, 15) is 13.6 Å². The van der Waals surface area contributed by atoms with E-state index in [0.29, 0.717) is 73.1 Å². The molecule has 8 heteroatoms. The lowest BCUT2D eigenvalue weighted by molar-refractivity contribution is 0.0929. The Hall–Kier alpha value is -3.55. The lowest BCUT2D eigenvalue weighted by atomic mass is 10.0. The third-order valence-electron chi connectivity index (χ3n) is 6.29. The van der Waals surface area contributed by atoms with Crippen molar-refractivity contribution in [3.63, 3.8) is 0 Å². The first kappa shape index (κ1) is 24.6. The summed E-state index contributed by atoms with van der Waals surface area (Å²) in [5, 5.41) is 0. The van der Waals surface area contributed by atoms with Crippen molar-refractivity contribution < 1.29 is 18.3 Å². The van der Waals surface area contributed by atoms with Crippen LogP contribution < -0.4 is 4.74 Å². The number of likely N-dealkylation sites (tertiary alicyclic amines) is 1. The van der Waals surface area contributed by atoms with E-state index >= 15 is 0 Å². The quantitative estimate of drug-likeness (QED) is 0.454. The van der Waals surface area contributed by atoms with Gasteiger partial charge in [-0.25, -0.2) is 23.5 Å². The lowest BCUT2D eigenvalue weighted by Crippen LogP contribution is -2.48. The number of rotatable bonds is 6. The monoisotopic (exact) mass is 480 g/mol. The molecule has 0 atom stereocenters. The van der Waals surface area contributed by atoms with Gasteiger partial charge in [-0.3, -0.25) is 0 Å². The van der Waals surface area contributed by atoms with E-state index in [1.807, 2.05) is 30.6 Å². The van der Waals surface area contributed by atoms with Gasteiger partial charge >= 0.3 is 6.03 Å². The van der Waals surface area contributed by atoms with Crippen molar-refractivity contribution in [2.45, 2.75) is 39.7 Å². The van der Waals surface area contributed by atoms with Gasteiger partial charge in [0.25, 0.3) is 0 Å². The fourth-order valence-corrected chi connectivity index (χ4v) is 4.25. The van der Waals surface area contributed by atoms with Gasteiger partial charge in [-0.15, -0.1) is 0 Å². The molecule has 1 saturated heterocycles. The molecule has 2 amide bonds. The summed E-state index contributed by atoms with van der Waals surface area (Å²) in [6.45, 7) is 8.39. The number of ether oxygens (including phenoxy) is 1. The van der Waals surface area contributed by atoms with E-state index in [1.165, 1.54) is 24.3 Å². The van der Waals surface area contributed by atoms with Crippen molar-refractivity contribution in [2.24, 2.45) is 0 Å². The number of nitrogens with zero attached hydrogens (tertiary/aromatic N) is 4. The van der Waals surface area contributed by atoms with Crippen LogP contribution in [0.5, 0.6) is 5.88 Å². The van der Waals surface area contributed by atoms with Crippen molar-refractivity contribution >= 4 is 6.03 Å². The van der Waals surface area contributed by atoms with E-state index < -0.39 is 0 Å². The summed E-state index contributed by atoms with van der Waals surface area (Å²) in [6, 6.07) is 12.1. The summed E-state index contributed by atoms with van der Waals surface area (Å²) in [6.07, 6.45) is 1.29. The van der Waals surface area contributed by atoms with Crippen molar-refractivity contribution in [3.8, 4) is 28.4 Å². The van der Waals surface area contributed by atoms with Crippen LogP contribution in [0, 0.1) is 18.6 Å². The highest BCUT2D eigenvalue weighted by Crippen LogP contribution is 2.33. The molecule has 0 aliphatic carbocycles. The van der Waals surface area contributed by atoms with Gasteiger partial charge in [0.1, 0.15) is 29.1 Å². The highest BCUT2D eigenvalue weighted by Gasteiger charge is 2.27. The number of hydrogen-bond donors (Lipinski definition) is 0. The minimum atomic E-state index is -0.348. The maximum absolute atomic E-state index is 13.6. The third kappa shape index (κ3) is 5.58. The van der Waals surface area contributed by atoms with Crippen molar-refractivity contribution in [1.29, 1.82) is 0 Å². The standard InChI is InChI=1S/C27H30F2N4O2/c1-4-32(5-2)27(34)33-16-14-23(15-17-33)35-26-18(3)30-24(19-6-10-21(28)11-7-19)25(31-26)20-8-12-22(29)13-9-20/h6-13,23H,4-5,14-17H2,1-3H3. The smallest absolute Gasteiger partial charge is 0.319 e. The molecule has 0 bridgehead atoms. The third-order valence-corrected chi connectivity index (χ3v) is 6.29. The van der Waals surface area contributed by atoms with Crippen LogP contribution in [0.25, 0.3) is 22.5 Å². The first-order valence-electron chi connectivity index (χ1n) is 12.0. The zero-order valence-corrected chi connectivity index (χ0v) is 20.3. The van der Waals surface area contributed by atoms with Crippen LogP contribution in [0.1, 0.15) is 32.4 Å². The van der Waals surface area contributed by atoms with E-state index in [1.54, 1.807) is 24.3 Å². The summed E-state index contributed by atoms with van der Waals surface area (Å²) >= 11 is 0. The first-order valence-corrected chi connectivity index (χ1v) is 12.0. The second-order valence-electron chi connectivity index (χ2n) is 8.58. The number of aromatic nitrogens is 2. The predicted molar refractivity (Wildman–Crippen MR) is 131 cm³/mol. The topological polar surface area (TPSA) is 58.6 Å². The van der Waals surface area contributed by atoms with Gasteiger partial charge in [-0.1, -0.05) is 0 Å². The van der Waals surface area contributed by atoms with Crippen LogP contribution in [0.3, 0.4) is 0 Å². The molecule has 1 aliphatic rings. The number of aryl methyl sites for hydroxylation is 1. The van der Waals surface area contributed by atoms with E-state index in [0.717, 1.165) is 0 Å². The number of urea groups is 1. The Morgan fingerprint density at radius 2 is 1.40 bits per heavy atom. The second kappa shape index (κ2) is 10.8. The van der Waals surface area contributed by atoms with Gasteiger partial charge in [0.05, 0.1) is 5.69 Å². The second-order valence-corrected chi connectivity index (χ2v) is 8.58. The molecule has 0 unspecified atom stereocenters. The number of carbonyl (C=O) groups excluding carboxylic acids is 1. The fraction of sp³-hybridized carbons (Fsp3) is 0.370. The van der Waals surface area contributed by atoms with Crippen LogP contribution >= 0.6 is 0 Å². The Kier molecular flexibility index (Phi) is 7.58. The molecule has 1 aromatic heterocycles. The van der Waals surface area contributed by atoms with Crippen molar-refractivity contribution in [1.82, 2.24) is 19.8 Å². The van der Waals surface area contributed by atoms with Gasteiger partial charge in [-0.05, 0) is 69.3 Å². The maximum Gasteiger partial charge on any atom is 0.319 e. The van der Waals surface area contributed by atoms with E-state index in [-0.39, 0.29) is 23.8 Å². The molecule has 0 saturated carbocycles. The molecule has 2 aromatic carbocycles. The van der Waals surface area contributed by atoms with Crippen LogP contribution in [-0.2, 0) is 0 Å². The molecule has 1 aliphatic heterocycles. The molecule has 0 spiro atoms. The van der Waals surface area contributed by atoms with Gasteiger partial charge < -0.3 is 14.5 Å². The average molecular weight is 481 g/mol. The Labute approximate surface area is 204 Å². The van der Waals surface area contributed by atoms with Crippen molar-refractivity contribution in [3.05, 3.63) is 65.9 Å². The molecule has 3 aromatic rings. The number of piperidine rings is 1. The Morgan fingerprint density at radius 1 is 0.914 bits per heavy atom. The van der Waals surface area contributed by atoms with E-state index in [2.05, 4.69) is 0 Å². The van der Waals surface area contributed by atoms with Crippen LogP contribution in [0.15, 0.2) is 48.5 Å². The zero-order chi connectivity index (χ0) is 24.9. The SMILES string of the molecule is CCN(CC)C(=O)N1CCC(Oc2nc(-c3ccc(F)cc3)c(-c3ccc(F)cc3)nc2C)CC1. The van der Waals surface area contributed by atoms with Crippen molar-refractivity contribution in [2.75, 3.05) is 26.2 Å². The molecule has 2 heterocycles. The molecule has 0 N–H and O–H groups in total. The van der Waals surface area contributed by atoms with Crippen LogP contribution in [-0.4, -0.2) is 58.1 Å². The largest absolute Gasteiger partial charge is 0.473 e. The minimum absolute atomic E-state index is 0.0617. The molecule has 35 heavy (non-hydrogen) atoms. The summed E-state index contributed by atoms with van der Waals surface area (Å²) in [7, 11) is 0. The van der Waals surface area contributed by atoms with Crippen LogP contribution in [0.2, 0.25) is 0 Å². The van der Waals surface area contributed by atoms with Gasteiger partial charge in [-0.2, -0.15) is 0 Å². The zero-order valence-electron chi connectivity index (χ0n) is 20.3. The molecular weight excluding hydrogens is 450 g/mol. The summed E-state index contributed by atoms with van der Waals surface area (Å²) in [5.41, 5.74) is 3.10. The molecule has 6 nitrogen and oxygen atoms in total. The average Bonchev–Trinajstić information content (AvgIpc) is 2.87. The molecule has 0 radical (unpaired) electrons. The predicted octanol–water partition coefficient (Wildman–Crippen LogP) is 5.70. The number of halogens is 2. The number of hydrogen-bond acceptors (Lipinski definition) is 4. The molecule has 4 rings (SSSR count). The number of benzene rings is 2.